The molecule has 1 aliphatic carbocycles. The fraction of sp³-hybridized carbons (Fsp3) is 0.909. The topological polar surface area (TPSA) is 67.8 Å². The Morgan fingerprint density at radius 1 is 1.27 bits per heavy atom. The zero-order valence-electron chi connectivity index (χ0n) is 9.32. The molecule has 15 heavy (non-hydrogen) atoms. The molecule has 1 aliphatic rings. The number of nitrogens with two attached hydrogens (primary N) is 1. The first-order valence-corrected chi connectivity index (χ1v) is 5.91. The van der Waals surface area contributed by atoms with E-state index in [4.69, 9.17) is 15.7 Å². The summed E-state index contributed by atoms with van der Waals surface area (Å²) in [6.07, 6.45) is 9.51. The van der Waals surface area contributed by atoms with Crippen LogP contribution >= 0.6 is 0 Å². The molecule has 0 aromatic carbocycles. The van der Waals surface area contributed by atoms with E-state index in [1.54, 1.807) is 0 Å². The van der Waals surface area contributed by atoms with Gasteiger partial charge in [0, 0.05) is 13.0 Å². The van der Waals surface area contributed by atoms with Crippen molar-refractivity contribution in [3.63, 3.8) is 0 Å². The van der Waals surface area contributed by atoms with E-state index in [0.717, 1.165) is 19.4 Å². The molecule has 4 nitrogen and oxygen atoms in total. The molecule has 1 rings (SSSR count). The number of unbranched alkanes of at least 4 members (excludes halogenated alkanes) is 1. The van der Waals surface area contributed by atoms with E-state index in [9.17, 15) is 0 Å². The van der Waals surface area contributed by atoms with Crippen molar-refractivity contribution in [2.45, 2.75) is 57.5 Å². The average molecular weight is 214 g/mol. The zero-order valence-corrected chi connectivity index (χ0v) is 9.32. The van der Waals surface area contributed by atoms with Crippen molar-refractivity contribution in [3.8, 4) is 0 Å². The van der Waals surface area contributed by atoms with Crippen LogP contribution in [0.2, 0.25) is 0 Å². The minimum Gasteiger partial charge on any atom is -0.409 e. The van der Waals surface area contributed by atoms with Crippen molar-refractivity contribution in [1.82, 2.24) is 0 Å². The summed E-state index contributed by atoms with van der Waals surface area (Å²) in [5.74, 6) is 0.313. The molecule has 0 atom stereocenters. The van der Waals surface area contributed by atoms with Gasteiger partial charge in [-0.25, -0.2) is 0 Å². The van der Waals surface area contributed by atoms with Crippen LogP contribution in [0.4, 0.5) is 0 Å². The SMILES string of the molecule is NC(CCCCOC1CCCCC1)=NO. The highest BCUT2D eigenvalue weighted by Crippen LogP contribution is 2.20. The molecule has 0 bridgehead atoms. The van der Waals surface area contributed by atoms with Crippen molar-refractivity contribution in [2.75, 3.05) is 6.61 Å². The Kier molecular flexibility index (Phi) is 6.16. The van der Waals surface area contributed by atoms with Gasteiger partial charge >= 0.3 is 0 Å². The van der Waals surface area contributed by atoms with Gasteiger partial charge < -0.3 is 15.7 Å². The Labute approximate surface area is 91.5 Å². The van der Waals surface area contributed by atoms with Crippen LogP contribution < -0.4 is 5.73 Å². The average Bonchev–Trinajstić information content (AvgIpc) is 2.29. The summed E-state index contributed by atoms with van der Waals surface area (Å²) in [5, 5.41) is 11.3. The maximum Gasteiger partial charge on any atom is 0.139 e. The first-order chi connectivity index (χ1) is 7.33. The van der Waals surface area contributed by atoms with Crippen LogP contribution in [0.25, 0.3) is 0 Å². The maximum atomic E-state index is 8.33. The molecule has 4 heteroatoms. The molecule has 0 aromatic heterocycles. The molecule has 0 saturated heterocycles. The second-order valence-corrected chi connectivity index (χ2v) is 4.18. The van der Waals surface area contributed by atoms with Crippen LogP contribution in [0.5, 0.6) is 0 Å². The molecule has 0 spiro atoms. The molecule has 0 unspecified atom stereocenters. The monoisotopic (exact) mass is 214 g/mol. The highest BCUT2D eigenvalue weighted by molar-refractivity contribution is 5.79. The third kappa shape index (κ3) is 5.62. The minimum atomic E-state index is 0.313. The molecule has 1 saturated carbocycles. The summed E-state index contributed by atoms with van der Waals surface area (Å²) < 4.78 is 5.76. The van der Waals surface area contributed by atoms with Crippen LogP contribution in [0.15, 0.2) is 5.16 Å². The van der Waals surface area contributed by atoms with Gasteiger partial charge in [0.2, 0.25) is 0 Å². The lowest BCUT2D eigenvalue weighted by atomic mass is 9.98. The summed E-state index contributed by atoms with van der Waals surface area (Å²) in [7, 11) is 0. The van der Waals surface area contributed by atoms with Gasteiger partial charge in [0.05, 0.1) is 6.10 Å². The Morgan fingerprint density at radius 2 is 2.00 bits per heavy atom. The Hall–Kier alpha value is -0.770. The quantitative estimate of drug-likeness (QED) is 0.234. The van der Waals surface area contributed by atoms with Gasteiger partial charge in [-0.3, -0.25) is 0 Å². The highest BCUT2D eigenvalue weighted by atomic mass is 16.5. The summed E-state index contributed by atoms with van der Waals surface area (Å²) in [6, 6.07) is 0. The first kappa shape index (κ1) is 12.3. The zero-order chi connectivity index (χ0) is 10.9. The van der Waals surface area contributed by atoms with Crippen molar-refractivity contribution in [1.29, 1.82) is 0 Å². The Bertz CT molecular complexity index is 189. The van der Waals surface area contributed by atoms with Crippen LogP contribution in [0.1, 0.15) is 51.4 Å². The molecule has 0 aliphatic heterocycles. The fourth-order valence-electron chi connectivity index (χ4n) is 1.94. The maximum absolute atomic E-state index is 8.33. The lowest BCUT2D eigenvalue weighted by Gasteiger charge is -2.21. The third-order valence-corrected chi connectivity index (χ3v) is 2.86. The molecule has 0 aromatic rings. The number of hydrogen-bond acceptors (Lipinski definition) is 3. The molecule has 88 valence electrons. The van der Waals surface area contributed by atoms with Gasteiger partial charge in [-0.15, -0.1) is 0 Å². The molecule has 1 fully saturated rings. The third-order valence-electron chi connectivity index (χ3n) is 2.86. The van der Waals surface area contributed by atoms with Crippen molar-refractivity contribution < 1.29 is 9.94 Å². The first-order valence-electron chi connectivity index (χ1n) is 5.91. The molecule has 0 radical (unpaired) electrons. The standard InChI is InChI=1S/C11H22N2O2/c12-11(13-14)8-4-5-9-15-10-6-2-1-3-7-10/h10,14H,1-9H2,(H2,12,13). The molecular weight excluding hydrogens is 192 g/mol. The van der Waals surface area contributed by atoms with Crippen LogP contribution in [0, 0.1) is 0 Å². The van der Waals surface area contributed by atoms with E-state index < -0.39 is 0 Å². The van der Waals surface area contributed by atoms with Gasteiger partial charge in [0.15, 0.2) is 0 Å². The summed E-state index contributed by atoms with van der Waals surface area (Å²) >= 11 is 0. The number of rotatable bonds is 6. The van der Waals surface area contributed by atoms with Crippen LogP contribution in [-0.2, 0) is 4.74 Å². The second kappa shape index (κ2) is 7.51. The van der Waals surface area contributed by atoms with E-state index in [1.165, 1.54) is 32.1 Å². The summed E-state index contributed by atoms with van der Waals surface area (Å²) in [6.45, 7) is 0.809. The van der Waals surface area contributed by atoms with E-state index in [-0.39, 0.29) is 0 Å². The highest BCUT2D eigenvalue weighted by Gasteiger charge is 2.12. The Morgan fingerprint density at radius 3 is 2.67 bits per heavy atom. The Balaban J connectivity index is 1.92. The fourth-order valence-corrected chi connectivity index (χ4v) is 1.94. The molecule has 3 N–H and O–H groups in total. The van der Waals surface area contributed by atoms with E-state index in [2.05, 4.69) is 5.16 Å². The van der Waals surface area contributed by atoms with Gasteiger partial charge in [0.1, 0.15) is 5.84 Å². The molecule has 0 amide bonds. The van der Waals surface area contributed by atoms with Gasteiger partial charge in [-0.05, 0) is 25.7 Å². The van der Waals surface area contributed by atoms with Crippen molar-refractivity contribution >= 4 is 5.84 Å². The van der Waals surface area contributed by atoms with Crippen molar-refractivity contribution in [2.24, 2.45) is 10.9 Å². The normalized spacial score (nSPS) is 19.3. The van der Waals surface area contributed by atoms with Gasteiger partial charge in [-0.1, -0.05) is 24.4 Å². The largest absolute Gasteiger partial charge is 0.409 e. The van der Waals surface area contributed by atoms with Crippen molar-refractivity contribution in [3.05, 3.63) is 0 Å². The predicted octanol–water partition coefficient (Wildman–Crippen LogP) is 2.25. The lowest BCUT2D eigenvalue weighted by molar-refractivity contribution is 0.0267. The summed E-state index contributed by atoms with van der Waals surface area (Å²) in [5.41, 5.74) is 5.36. The number of ether oxygens (including phenoxy) is 1. The molecule has 0 heterocycles. The number of hydrogen-bond donors (Lipinski definition) is 2. The number of oxime groups is 1. The van der Waals surface area contributed by atoms with E-state index >= 15 is 0 Å². The minimum absolute atomic E-state index is 0.313. The summed E-state index contributed by atoms with van der Waals surface area (Å²) in [4.78, 5) is 0. The van der Waals surface area contributed by atoms with Crippen LogP contribution in [-0.4, -0.2) is 23.8 Å². The molecular formula is C11H22N2O2. The smallest absolute Gasteiger partial charge is 0.139 e. The second-order valence-electron chi connectivity index (χ2n) is 4.18. The van der Waals surface area contributed by atoms with E-state index in [0.29, 0.717) is 18.4 Å². The number of amidine groups is 1. The van der Waals surface area contributed by atoms with Gasteiger partial charge in [0.25, 0.3) is 0 Å². The van der Waals surface area contributed by atoms with Gasteiger partial charge in [-0.2, -0.15) is 0 Å². The lowest BCUT2D eigenvalue weighted by Crippen LogP contribution is -2.17. The van der Waals surface area contributed by atoms with E-state index in [1.807, 2.05) is 0 Å². The number of nitrogens with zero attached hydrogens (tertiary/aromatic N) is 1. The van der Waals surface area contributed by atoms with Crippen LogP contribution in [0.3, 0.4) is 0 Å². The predicted molar refractivity (Wildman–Crippen MR) is 60.1 cm³/mol.